The Labute approximate surface area is 95.8 Å². The predicted molar refractivity (Wildman–Crippen MR) is 64.6 cm³/mol. The molecule has 1 N–H and O–H groups in total. The van der Waals surface area contributed by atoms with Gasteiger partial charge in [-0.15, -0.1) is 0 Å². The lowest BCUT2D eigenvalue weighted by molar-refractivity contribution is 0.0344. The van der Waals surface area contributed by atoms with Crippen LogP contribution in [0.15, 0.2) is 4.99 Å². The highest BCUT2D eigenvalue weighted by atomic mass is 32.2. The van der Waals surface area contributed by atoms with E-state index < -0.39 is 0 Å². The van der Waals surface area contributed by atoms with E-state index in [2.05, 4.69) is 24.2 Å². The summed E-state index contributed by atoms with van der Waals surface area (Å²) >= 11 is 1.76. The van der Waals surface area contributed by atoms with E-state index in [1.54, 1.807) is 26.0 Å². The molecule has 5 heteroatoms. The van der Waals surface area contributed by atoms with Gasteiger partial charge in [0.05, 0.1) is 19.3 Å². The van der Waals surface area contributed by atoms with Gasteiger partial charge in [-0.3, -0.25) is 4.99 Å². The van der Waals surface area contributed by atoms with Crippen LogP contribution in [0.5, 0.6) is 0 Å². The smallest absolute Gasteiger partial charge is 0.157 e. The van der Waals surface area contributed by atoms with Crippen LogP contribution in [0.2, 0.25) is 0 Å². The molecule has 1 saturated heterocycles. The molecule has 4 nitrogen and oxygen atoms in total. The Morgan fingerprint density at radius 2 is 2.27 bits per heavy atom. The van der Waals surface area contributed by atoms with Crippen molar-refractivity contribution in [3.63, 3.8) is 0 Å². The second-order valence-electron chi connectivity index (χ2n) is 4.26. The first kappa shape index (κ1) is 12.8. The minimum atomic E-state index is 0.0496. The molecule has 0 saturated carbocycles. The summed E-state index contributed by atoms with van der Waals surface area (Å²) in [4.78, 5) is 4.47. The fourth-order valence-corrected chi connectivity index (χ4v) is 2.35. The first-order chi connectivity index (χ1) is 7.07. The van der Waals surface area contributed by atoms with Crippen LogP contribution in [0.1, 0.15) is 13.8 Å². The van der Waals surface area contributed by atoms with E-state index in [1.165, 1.54) is 0 Å². The highest BCUT2D eigenvalue weighted by Crippen LogP contribution is 2.21. The summed E-state index contributed by atoms with van der Waals surface area (Å²) in [5.41, 5.74) is 0.160. The van der Waals surface area contributed by atoms with Gasteiger partial charge in [0.25, 0.3) is 0 Å². The van der Waals surface area contributed by atoms with Gasteiger partial charge in [-0.2, -0.15) is 0 Å². The van der Waals surface area contributed by atoms with Crippen LogP contribution in [-0.2, 0) is 9.47 Å². The molecule has 0 aromatic heterocycles. The monoisotopic (exact) mass is 232 g/mol. The first-order valence-electron chi connectivity index (χ1n) is 5.04. The van der Waals surface area contributed by atoms with Gasteiger partial charge >= 0.3 is 0 Å². The number of aliphatic imine (C=N–C) groups is 1. The molecular formula is C10H20N2O2S. The largest absolute Gasteiger partial charge is 0.382 e. The van der Waals surface area contributed by atoms with Crippen LogP contribution >= 0.6 is 11.8 Å². The fourth-order valence-electron chi connectivity index (χ4n) is 1.26. The molecule has 1 heterocycles. The second kappa shape index (κ2) is 5.72. The summed E-state index contributed by atoms with van der Waals surface area (Å²) in [6.45, 7) is 5.58. The van der Waals surface area contributed by atoms with Crippen molar-refractivity contribution in [1.29, 1.82) is 0 Å². The van der Waals surface area contributed by atoms with Crippen molar-refractivity contribution in [2.75, 3.05) is 33.1 Å². The molecule has 1 aliphatic rings. The summed E-state index contributed by atoms with van der Waals surface area (Å²) < 4.78 is 10.3. The predicted octanol–water partition coefficient (Wildman–Crippen LogP) is 1.12. The number of methoxy groups -OCH3 is 2. The third kappa shape index (κ3) is 4.40. The molecule has 1 aliphatic heterocycles. The molecule has 15 heavy (non-hydrogen) atoms. The highest BCUT2D eigenvalue weighted by Gasteiger charge is 2.27. The van der Waals surface area contributed by atoms with Crippen molar-refractivity contribution in [2.45, 2.75) is 25.5 Å². The molecule has 0 aromatic rings. The van der Waals surface area contributed by atoms with Crippen LogP contribution in [0.4, 0.5) is 0 Å². The average molecular weight is 232 g/mol. The zero-order chi connectivity index (χ0) is 11.3. The molecule has 1 atom stereocenters. The van der Waals surface area contributed by atoms with E-state index in [-0.39, 0.29) is 11.6 Å². The molecule has 0 aromatic carbocycles. The Morgan fingerprint density at radius 3 is 2.73 bits per heavy atom. The number of hydrogen-bond acceptors (Lipinski definition) is 4. The molecule has 88 valence electrons. The Morgan fingerprint density at radius 1 is 1.53 bits per heavy atom. The van der Waals surface area contributed by atoms with Gasteiger partial charge in [-0.1, -0.05) is 11.8 Å². The lowest BCUT2D eigenvalue weighted by Gasteiger charge is -2.16. The van der Waals surface area contributed by atoms with Crippen molar-refractivity contribution in [3.05, 3.63) is 0 Å². The van der Waals surface area contributed by atoms with Gasteiger partial charge in [0, 0.05) is 25.5 Å². The summed E-state index contributed by atoms with van der Waals surface area (Å²) in [5, 5.41) is 4.38. The number of nitrogens with one attached hydrogen (secondary N) is 1. The Balaban J connectivity index is 2.37. The summed E-state index contributed by atoms with van der Waals surface area (Å²) in [5.74, 6) is 1.06. The molecular weight excluding hydrogens is 212 g/mol. The molecule has 1 fully saturated rings. The minimum absolute atomic E-state index is 0.0496. The van der Waals surface area contributed by atoms with Gasteiger partial charge in [0.15, 0.2) is 5.17 Å². The zero-order valence-electron chi connectivity index (χ0n) is 9.87. The van der Waals surface area contributed by atoms with E-state index in [1.807, 2.05) is 0 Å². The number of thioether (sulfide) groups is 1. The van der Waals surface area contributed by atoms with Gasteiger partial charge in [-0.25, -0.2) is 0 Å². The van der Waals surface area contributed by atoms with E-state index in [9.17, 15) is 0 Å². The fraction of sp³-hybridized carbons (Fsp3) is 0.900. The Kier molecular flexibility index (Phi) is 4.89. The molecule has 1 unspecified atom stereocenters. The van der Waals surface area contributed by atoms with E-state index in [0.29, 0.717) is 13.2 Å². The highest BCUT2D eigenvalue weighted by molar-refractivity contribution is 8.14. The maximum absolute atomic E-state index is 5.23. The Hall–Kier alpha value is -0.260. The molecule has 0 spiro atoms. The lowest BCUT2D eigenvalue weighted by Crippen LogP contribution is -2.37. The first-order valence-corrected chi connectivity index (χ1v) is 6.03. The minimum Gasteiger partial charge on any atom is -0.382 e. The summed E-state index contributed by atoms with van der Waals surface area (Å²) in [6, 6.07) is 0. The van der Waals surface area contributed by atoms with Crippen molar-refractivity contribution in [3.8, 4) is 0 Å². The van der Waals surface area contributed by atoms with Crippen molar-refractivity contribution in [2.24, 2.45) is 4.99 Å². The summed E-state index contributed by atoms with van der Waals surface area (Å²) in [7, 11) is 3.36. The third-order valence-electron chi connectivity index (χ3n) is 2.14. The number of hydrogen-bond donors (Lipinski definition) is 1. The zero-order valence-corrected chi connectivity index (χ0v) is 10.7. The molecule has 0 amide bonds. The van der Waals surface area contributed by atoms with Crippen molar-refractivity contribution < 1.29 is 9.47 Å². The van der Waals surface area contributed by atoms with E-state index in [4.69, 9.17) is 9.47 Å². The molecule has 0 aliphatic carbocycles. The van der Waals surface area contributed by atoms with Gasteiger partial charge in [0.1, 0.15) is 0 Å². The van der Waals surface area contributed by atoms with Crippen LogP contribution in [0.3, 0.4) is 0 Å². The van der Waals surface area contributed by atoms with Gasteiger partial charge < -0.3 is 14.8 Å². The van der Waals surface area contributed by atoms with Crippen LogP contribution < -0.4 is 5.32 Å². The second-order valence-corrected chi connectivity index (χ2v) is 5.22. The SMILES string of the molecule is COCC(CN=C1NC(C)(C)CS1)OC. The lowest BCUT2D eigenvalue weighted by atomic mass is 10.1. The molecule has 1 rings (SSSR count). The van der Waals surface area contributed by atoms with Crippen LogP contribution in [0, 0.1) is 0 Å². The molecule has 0 bridgehead atoms. The van der Waals surface area contributed by atoms with E-state index >= 15 is 0 Å². The summed E-state index contributed by atoms with van der Waals surface area (Å²) in [6.07, 6.45) is 0.0496. The van der Waals surface area contributed by atoms with E-state index in [0.717, 1.165) is 10.9 Å². The van der Waals surface area contributed by atoms with Crippen molar-refractivity contribution >= 4 is 16.9 Å². The van der Waals surface area contributed by atoms with Crippen molar-refractivity contribution in [1.82, 2.24) is 5.32 Å². The standard InChI is InChI=1S/C10H20N2O2S/c1-10(2)7-15-9(12-10)11-5-8(14-4)6-13-3/h8H,5-7H2,1-4H3,(H,11,12). The quantitative estimate of drug-likeness (QED) is 0.771. The number of ether oxygens (including phenoxy) is 2. The number of nitrogens with zero attached hydrogens (tertiary/aromatic N) is 1. The average Bonchev–Trinajstić information content (AvgIpc) is 2.53. The van der Waals surface area contributed by atoms with Crippen LogP contribution in [-0.4, -0.2) is 49.9 Å². The third-order valence-corrected chi connectivity index (χ3v) is 3.51. The topological polar surface area (TPSA) is 42.8 Å². The van der Waals surface area contributed by atoms with Gasteiger partial charge in [-0.05, 0) is 13.8 Å². The number of amidine groups is 1. The normalized spacial score (nSPS) is 24.1. The van der Waals surface area contributed by atoms with Gasteiger partial charge in [0.2, 0.25) is 0 Å². The maximum Gasteiger partial charge on any atom is 0.157 e. The molecule has 0 radical (unpaired) electrons. The maximum atomic E-state index is 5.23. The number of rotatable bonds is 5. The Bertz CT molecular complexity index is 231. The van der Waals surface area contributed by atoms with Crippen LogP contribution in [0.25, 0.3) is 0 Å².